The summed E-state index contributed by atoms with van der Waals surface area (Å²) in [6, 6.07) is 16.7. The van der Waals surface area contributed by atoms with Gasteiger partial charge in [-0.15, -0.1) is 0 Å². The van der Waals surface area contributed by atoms with Crippen molar-refractivity contribution in [1.29, 1.82) is 0 Å². The van der Waals surface area contributed by atoms with Crippen LogP contribution in [0.1, 0.15) is 13.3 Å². The van der Waals surface area contributed by atoms with Crippen molar-refractivity contribution in [3.63, 3.8) is 0 Å². The van der Waals surface area contributed by atoms with Crippen molar-refractivity contribution in [3.05, 3.63) is 54.6 Å². The molecule has 1 unspecified atom stereocenters. The van der Waals surface area contributed by atoms with Gasteiger partial charge in [-0.1, -0.05) is 25.1 Å². The Morgan fingerprint density at radius 2 is 1.54 bits per heavy atom. The van der Waals surface area contributed by atoms with E-state index in [2.05, 4.69) is 10.6 Å². The van der Waals surface area contributed by atoms with E-state index in [4.69, 9.17) is 4.74 Å². The van der Waals surface area contributed by atoms with E-state index in [0.717, 1.165) is 17.1 Å². The quantitative estimate of drug-likeness (QED) is 0.637. The highest BCUT2D eigenvalue weighted by atomic mass is 16.5. The van der Waals surface area contributed by atoms with Gasteiger partial charge in [0.2, 0.25) is 0 Å². The summed E-state index contributed by atoms with van der Waals surface area (Å²) in [4.78, 5) is 24.6. The molecule has 2 aromatic carbocycles. The first-order valence-electron chi connectivity index (χ1n) is 8.77. The van der Waals surface area contributed by atoms with Gasteiger partial charge in [-0.05, 0) is 42.8 Å². The summed E-state index contributed by atoms with van der Waals surface area (Å²) in [7, 11) is 1.82. The maximum atomic E-state index is 12.1. The summed E-state index contributed by atoms with van der Waals surface area (Å²) >= 11 is 0. The van der Waals surface area contributed by atoms with E-state index in [0.29, 0.717) is 18.0 Å². The van der Waals surface area contributed by atoms with Gasteiger partial charge in [0.25, 0.3) is 11.8 Å². The van der Waals surface area contributed by atoms with Crippen LogP contribution in [0.25, 0.3) is 0 Å². The molecule has 26 heavy (non-hydrogen) atoms. The Morgan fingerprint density at radius 1 is 0.923 bits per heavy atom. The van der Waals surface area contributed by atoms with Crippen molar-refractivity contribution >= 4 is 17.5 Å². The molecule has 0 bridgehead atoms. The molecule has 138 valence electrons. The molecule has 6 heteroatoms. The number of ether oxygens (including phenoxy) is 1. The van der Waals surface area contributed by atoms with Crippen LogP contribution in [0.3, 0.4) is 0 Å². The van der Waals surface area contributed by atoms with E-state index in [9.17, 15) is 9.59 Å². The fourth-order valence-corrected chi connectivity index (χ4v) is 2.37. The Balaban J connectivity index is 1.79. The third kappa shape index (κ3) is 6.94. The average Bonchev–Trinajstić information content (AvgIpc) is 2.62. The maximum Gasteiger partial charge on any atom is 0.279 e. The Bertz CT molecular complexity index is 702. The molecule has 2 rings (SSSR count). The van der Waals surface area contributed by atoms with Gasteiger partial charge in [-0.2, -0.15) is 0 Å². The highest BCUT2D eigenvalue weighted by Crippen LogP contribution is 2.22. The molecule has 1 atom stereocenters. The maximum absolute atomic E-state index is 12.1. The summed E-state index contributed by atoms with van der Waals surface area (Å²) in [5, 5.41) is 5.64. The van der Waals surface area contributed by atoms with Gasteiger partial charge in [0, 0.05) is 12.2 Å². The first-order valence-corrected chi connectivity index (χ1v) is 8.77. The molecule has 0 saturated carbocycles. The highest BCUT2D eigenvalue weighted by molar-refractivity contribution is 5.91. The van der Waals surface area contributed by atoms with E-state index in [1.54, 1.807) is 24.3 Å². The standard InChI is InChI=1S/C20H25N3O3/c1-3-13-21-19(24)14-23(2)15-20(25)22-16-9-11-18(12-10-16)26-17-7-5-4-6-8-17/h4-12H,3,13-15H2,1-2H3,(H,21,24)(H,22,25)/p+1. The molecule has 0 fully saturated rings. The lowest BCUT2D eigenvalue weighted by atomic mass is 10.3. The Hall–Kier alpha value is -2.86. The molecular weight excluding hydrogens is 330 g/mol. The van der Waals surface area contributed by atoms with Crippen LogP contribution in [0, 0.1) is 0 Å². The van der Waals surface area contributed by atoms with Gasteiger partial charge in [-0.3, -0.25) is 9.59 Å². The summed E-state index contributed by atoms with van der Waals surface area (Å²) in [6.45, 7) is 3.16. The monoisotopic (exact) mass is 356 g/mol. The van der Waals surface area contributed by atoms with Crippen LogP contribution in [0.5, 0.6) is 11.5 Å². The van der Waals surface area contributed by atoms with Crippen LogP contribution in [0.2, 0.25) is 0 Å². The molecular formula is C20H26N3O3+. The van der Waals surface area contributed by atoms with Crippen molar-refractivity contribution in [3.8, 4) is 11.5 Å². The minimum absolute atomic E-state index is 0.0421. The van der Waals surface area contributed by atoms with E-state index in [1.165, 1.54) is 0 Å². The molecule has 0 aromatic heterocycles. The number of carbonyl (C=O) groups is 2. The van der Waals surface area contributed by atoms with Crippen LogP contribution in [0.4, 0.5) is 5.69 Å². The topological polar surface area (TPSA) is 71.9 Å². The molecule has 2 amide bonds. The normalized spacial score (nSPS) is 11.5. The zero-order valence-corrected chi connectivity index (χ0v) is 15.2. The van der Waals surface area contributed by atoms with Crippen molar-refractivity contribution in [1.82, 2.24) is 5.32 Å². The summed E-state index contributed by atoms with van der Waals surface area (Å²) in [5.41, 5.74) is 0.693. The molecule has 0 aliphatic carbocycles. The SMILES string of the molecule is CCCNC(=O)C[NH+](C)CC(=O)Nc1ccc(Oc2ccccc2)cc1. The first-order chi connectivity index (χ1) is 12.6. The largest absolute Gasteiger partial charge is 0.457 e. The molecule has 0 aliphatic heterocycles. The number of likely N-dealkylation sites (N-methyl/N-ethyl adjacent to an activating group) is 1. The molecule has 0 radical (unpaired) electrons. The van der Waals surface area contributed by atoms with Gasteiger partial charge < -0.3 is 20.3 Å². The van der Waals surface area contributed by atoms with E-state index in [1.807, 2.05) is 44.3 Å². The highest BCUT2D eigenvalue weighted by Gasteiger charge is 2.14. The van der Waals surface area contributed by atoms with Gasteiger partial charge >= 0.3 is 0 Å². The number of anilines is 1. The van der Waals surface area contributed by atoms with Gasteiger partial charge in [0.05, 0.1) is 7.05 Å². The van der Waals surface area contributed by atoms with Crippen molar-refractivity contribution < 1.29 is 19.2 Å². The Labute approximate surface area is 154 Å². The predicted octanol–water partition coefficient (Wildman–Crippen LogP) is 1.46. The van der Waals surface area contributed by atoms with Crippen LogP contribution in [-0.4, -0.2) is 38.5 Å². The second-order valence-electron chi connectivity index (χ2n) is 6.15. The minimum Gasteiger partial charge on any atom is -0.457 e. The zero-order valence-electron chi connectivity index (χ0n) is 15.2. The average molecular weight is 356 g/mol. The van der Waals surface area contributed by atoms with Gasteiger partial charge in [0.15, 0.2) is 13.1 Å². The summed E-state index contributed by atoms with van der Waals surface area (Å²) in [5.74, 6) is 1.28. The summed E-state index contributed by atoms with van der Waals surface area (Å²) in [6.07, 6.45) is 0.898. The number of hydrogen-bond acceptors (Lipinski definition) is 3. The molecule has 3 N–H and O–H groups in total. The fraction of sp³-hybridized carbons (Fsp3) is 0.300. The molecule has 0 spiro atoms. The van der Waals surface area contributed by atoms with E-state index < -0.39 is 0 Å². The van der Waals surface area contributed by atoms with Gasteiger partial charge in [0.1, 0.15) is 11.5 Å². The van der Waals surface area contributed by atoms with E-state index in [-0.39, 0.29) is 24.9 Å². The lowest BCUT2D eigenvalue weighted by molar-refractivity contribution is -0.862. The number of para-hydroxylation sites is 1. The van der Waals surface area contributed by atoms with Crippen molar-refractivity contribution in [2.75, 3.05) is 32.0 Å². The number of rotatable bonds is 9. The Kier molecular flexibility index (Phi) is 7.64. The molecule has 2 aromatic rings. The lowest BCUT2D eigenvalue weighted by Gasteiger charge is -2.13. The minimum atomic E-state index is -0.137. The zero-order chi connectivity index (χ0) is 18.8. The number of nitrogens with one attached hydrogen (secondary N) is 3. The number of benzene rings is 2. The van der Waals surface area contributed by atoms with Crippen LogP contribution >= 0.6 is 0 Å². The second-order valence-corrected chi connectivity index (χ2v) is 6.15. The fourth-order valence-electron chi connectivity index (χ4n) is 2.37. The van der Waals surface area contributed by atoms with Gasteiger partial charge in [-0.25, -0.2) is 0 Å². The molecule has 0 saturated heterocycles. The number of quaternary nitrogens is 1. The third-order valence-corrected chi connectivity index (χ3v) is 3.61. The van der Waals surface area contributed by atoms with Crippen LogP contribution < -0.4 is 20.3 Å². The van der Waals surface area contributed by atoms with E-state index >= 15 is 0 Å². The third-order valence-electron chi connectivity index (χ3n) is 3.61. The number of hydrogen-bond donors (Lipinski definition) is 3. The smallest absolute Gasteiger partial charge is 0.279 e. The molecule has 0 heterocycles. The lowest BCUT2D eigenvalue weighted by Crippen LogP contribution is -3.11. The van der Waals surface area contributed by atoms with Crippen LogP contribution in [-0.2, 0) is 9.59 Å². The Morgan fingerprint density at radius 3 is 2.19 bits per heavy atom. The van der Waals surface area contributed by atoms with Crippen molar-refractivity contribution in [2.45, 2.75) is 13.3 Å². The molecule has 6 nitrogen and oxygen atoms in total. The molecule has 0 aliphatic rings. The van der Waals surface area contributed by atoms with Crippen LogP contribution in [0.15, 0.2) is 54.6 Å². The second kappa shape index (κ2) is 10.2. The number of carbonyl (C=O) groups excluding carboxylic acids is 2. The van der Waals surface area contributed by atoms with Crippen molar-refractivity contribution in [2.24, 2.45) is 0 Å². The summed E-state index contributed by atoms with van der Waals surface area (Å²) < 4.78 is 5.72. The number of amides is 2. The first kappa shape index (κ1) is 19.5. The predicted molar refractivity (Wildman–Crippen MR) is 102 cm³/mol.